The third kappa shape index (κ3) is 4.18. The number of halogens is 3. The third-order valence-electron chi connectivity index (χ3n) is 1.95. The molecule has 2 N–H and O–H groups in total. The van der Waals surface area contributed by atoms with E-state index in [4.69, 9.17) is 28.9 Å². The molecule has 1 rings (SSSR count). The molecule has 6 heteroatoms. The van der Waals surface area contributed by atoms with Gasteiger partial charge in [-0.05, 0) is 30.2 Å². The molecule has 0 aliphatic heterocycles. The van der Waals surface area contributed by atoms with Crippen molar-refractivity contribution in [3.05, 3.63) is 33.8 Å². The van der Waals surface area contributed by atoms with Crippen LogP contribution in [0.15, 0.2) is 18.2 Å². The number of hydrogen-bond acceptors (Lipinski definition) is 3. The van der Waals surface area contributed by atoms with E-state index < -0.39 is 12.0 Å². The molecule has 1 aromatic rings. The molecule has 1 aromatic carbocycles. The van der Waals surface area contributed by atoms with Crippen molar-refractivity contribution in [1.82, 2.24) is 0 Å². The Morgan fingerprint density at radius 3 is 2.69 bits per heavy atom. The van der Waals surface area contributed by atoms with Crippen LogP contribution in [-0.4, -0.2) is 19.1 Å². The molecule has 0 bridgehead atoms. The van der Waals surface area contributed by atoms with Crippen LogP contribution in [0, 0.1) is 0 Å². The number of hydrogen-bond donors (Lipinski definition) is 1. The van der Waals surface area contributed by atoms with Gasteiger partial charge in [0, 0.05) is 10.0 Å². The van der Waals surface area contributed by atoms with Gasteiger partial charge in [0.05, 0.1) is 7.11 Å². The van der Waals surface area contributed by atoms with Gasteiger partial charge in [-0.1, -0.05) is 23.2 Å². The summed E-state index contributed by atoms with van der Waals surface area (Å²) >= 11 is 11.7. The molecule has 0 fully saturated rings. The van der Waals surface area contributed by atoms with Crippen LogP contribution < -0.4 is 5.73 Å². The largest absolute Gasteiger partial charge is 0.468 e. The van der Waals surface area contributed by atoms with Gasteiger partial charge in [-0.25, -0.2) is 0 Å². The fraction of sp³-hybridized carbons (Fsp3) is 0.300. The van der Waals surface area contributed by atoms with Crippen LogP contribution in [-0.2, 0) is 16.0 Å². The summed E-state index contributed by atoms with van der Waals surface area (Å²) in [6.45, 7) is 0. The van der Waals surface area contributed by atoms with E-state index in [1.807, 2.05) is 0 Å². The number of benzene rings is 1. The van der Waals surface area contributed by atoms with Gasteiger partial charge < -0.3 is 10.5 Å². The first-order valence-electron chi connectivity index (χ1n) is 4.32. The highest BCUT2D eigenvalue weighted by molar-refractivity contribution is 6.33. The summed E-state index contributed by atoms with van der Waals surface area (Å²) in [5.74, 6) is -0.467. The maximum Gasteiger partial charge on any atom is 0.322 e. The summed E-state index contributed by atoms with van der Waals surface area (Å²) in [5, 5.41) is 1.10. The summed E-state index contributed by atoms with van der Waals surface area (Å²) in [4.78, 5) is 11.1. The topological polar surface area (TPSA) is 52.3 Å². The lowest BCUT2D eigenvalue weighted by molar-refractivity contribution is -0.142. The van der Waals surface area contributed by atoms with Crippen LogP contribution in [0.1, 0.15) is 5.56 Å². The Kier molecular flexibility index (Phi) is 6.76. The monoisotopic (exact) mass is 283 g/mol. The predicted molar refractivity (Wildman–Crippen MR) is 67.4 cm³/mol. The maximum absolute atomic E-state index is 11.1. The molecule has 3 nitrogen and oxygen atoms in total. The predicted octanol–water partition coefficient (Wildman–Crippen LogP) is 2.46. The summed E-state index contributed by atoms with van der Waals surface area (Å²) in [7, 11) is 1.29. The van der Waals surface area contributed by atoms with E-state index in [2.05, 4.69) is 4.74 Å². The molecular formula is C10H12Cl3NO2. The second-order valence-corrected chi connectivity index (χ2v) is 3.91. The van der Waals surface area contributed by atoms with E-state index in [-0.39, 0.29) is 12.4 Å². The first-order chi connectivity index (χ1) is 7.04. The molecular weight excluding hydrogens is 272 g/mol. The quantitative estimate of drug-likeness (QED) is 0.868. The average molecular weight is 285 g/mol. The number of rotatable bonds is 3. The van der Waals surface area contributed by atoms with Crippen LogP contribution >= 0.6 is 35.6 Å². The zero-order valence-corrected chi connectivity index (χ0v) is 10.9. The van der Waals surface area contributed by atoms with Crippen LogP contribution in [0.5, 0.6) is 0 Å². The van der Waals surface area contributed by atoms with Crippen LogP contribution in [0.4, 0.5) is 0 Å². The number of ether oxygens (including phenoxy) is 1. The van der Waals surface area contributed by atoms with E-state index in [1.165, 1.54) is 7.11 Å². The summed E-state index contributed by atoms with van der Waals surface area (Å²) < 4.78 is 4.51. The van der Waals surface area contributed by atoms with E-state index in [0.29, 0.717) is 16.5 Å². The van der Waals surface area contributed by atoms with Gasteiger partial charge in [0.15, 0.2) is 0 Å². The van der Waals surface area contributed by atoms with Crippen molar-refractivity contribution in [2.24, 2.45) is 5.73 Å². The lowest BCUT2D eigenvalue weighted by atomic mass is 10.1. The number of carbonyl (C=O) groups excluding carboxylic acids is 1. The molecule has 1 atom stereocenters. The molecule has 0 aromatic heterocycles. The van der Waals surface area contributed by atoms with Crippen LogP contribution in [0.25, 0.3) is 0 Å². The molecule has 0 aliphatic carbocycles. The zero-order valence-electron chi connectivity index (χ0n) is 8.57. The molecule has 16 heavy (non-hydrogen) atoms. The lowest BCUT2D eigenvalue weighted by Crippen LogP contribution is -2.33. The van der Waals surface area contributed by atoms with Gasteiger partial charge in [-0.3, -0.25) is 4.79 Å². The van der Waals surface area contributed by atoms with Crippen molar-refractivity contribution in [2.45, 2.75) is 12.5 Å². The average Bonchev–Trinajstić information content (AvgIpc) is 2.22. The van der Waals surface area contributed by atoms with Crippen molar-refractivity contribution in [1.29, 1.82) is 0 Å². The minimum Gasteiger partial charge on any atom is -0.468 e. The van der Waals surface area contributed by atoms with Gasteiger partial charge in [-0.15, -0.1) is 12.4 Å². The second kappa shape index (κ2) is 6.97. The Balaban J connectivity index is 0.00000225. The Labute approximate surface area is 110 Å². The zero-order chi connectivity index (χ0) is 11.4. The molecule has 0 spiro atoms. The van der Waals surface area contributed by atoms with Crippen molar-refractivity contribution >= 4 is 41.6 Å². The summed E-state index contributed by atoms with van der Waals surface area (Å²) in [6, 6.07) is 4.32. The molecule has 0 aliphatic rings. The van der Waals surface area contributed by atoms with Crippen molar-refractivity contribution in [3.63, 3.8) is 0 Å². The Morgan fingerprint density at radius 1 is 1.50 bits per heavy atom. The molecule has 0 heterocycles. The highest BCUT2D eigenvalue weighted by Crippen LogP contribution is 2.21. The van der Waals surface area contributed by atoms with Gasteiger partial charge in [-0.2, -0.15) is 0 Å². The smallest absolute Gasteiger partial charge is 0.322 e. The minimum absolute atomic E-state index is 0. The number of esters is 1. The van der Waals surface area contributed by atoms with Gasteiger partial charge in [0.2, 0.25) is 0 Å². The Bertz CT molecular complexity index is 371. The second-order valence-electron chi connectivity index (χ2n) is 3.07. The first kappa shape index (κ1) is 15.5. The number of methoxy groups -OCH3 is 1. The molecule has 0 saturated heterocycles. The lowest BCUT2D eigenvalue weighted by Gasteiger charge is -2.10. The summed E-state index contributed by atoms with van der Waals surface area (Å²) in [5.41, 5.74) is 6.34. The highest BCUT2D eigenvalue weighted by atomic mass is 35.5. The minimum atomic E-state index is -0.717. The van der Waals surface area contributed by atoms with Crippen molar-refractivity contribution in [2.75, 3.05) is 7.11 Å². The molecule has 0 amide bonds. The highest BCUT2D eigenvalue weighted by Gasteiger charge is 2.15. The van der Waals surface area contributed by atoms with Gasteiger partial charge in [0.1, 0.15) is 6.04 Å². The fourth-order valence-corrected chi connectivity index (χ4v) is 1.56. The molecule has 0 radical (unpaired) electrons. The molecule has 0 saturated carbocycles. The molecule has 0 unspecified atom stereocenters. The van der Waals surface area contributed by atoms with Crippen LogP contribution in [0.3, 0.4) is 0 Å². The van der Waals surface area contributed by atoms with E-state index in [9.17, 15) is 4.79 Å². The Hall–Kier alpha value is -0.480. The van der Waals surface area contributed by atoms with E-state index >= 15 is 0 Å². The first-order valence-corrected chi connectivity index (χ1v) is 5.07. The molecule has 90 valence electrons. The standard InChI is InChI=1S/C10H11Cl2NO2.ClH/c1-15-10(14)9(13)5-6-4-7(11)2-3-8(6)12;/h2-4,9H,5,13H2,1H3;1H/t9-;/m1./s1. The Morgan fingerprint density at radius 2 is 2.12 bits per heavy atom. The van der Waals surface area contributed by atoms with Gasteiger partial charge in [0.25, 0.3) is 0 Å². The normalized spacial score (nSPS) is 11.5. The number of carbonyl (C=O) groups is 1. The third-order valence-corrected chi connectivity index (χ3v) is 2.56. The van der Waals surface area contributed by atoms with Gasteiger partial charge >= 0.3 is 5.97 Å². The summed E-state index contributed by atoms with van der Waals surface area (Å²) in [6.07, 6.45) is 0.312. The fourth-order valence-electron chi connectivity index (χ4n) is 1.17. The van der Waals surface area contributed by atoms with Crippen molar-refractivity contribution < 1.29 is 9.53 Å². The number of nitrogens with two attached hydrogens (primary N) is 1. The van der Waals surface area contributed by atoms with E-state index in [0.717, 1.165) is 5.56 Å². The van der Waals surface area contributed by atoms with E-state index in [1.54, 1.807) is 18.2 Å². The maximum atomic E-state index is 11.1. The SMILES string of the molecule is COC(=O)[C@H](N)Cc1cc(Cl)ccc1Cl.Cl. The van der Waals surface area contributed by atoms with Crippen molar-refractivity contribution in [3.8, 4) is 0 Å². The van der Waals surface area contributed by atoms with Crippen LogP contribution in [0.2, 0.25) is 10.0 Å².